The maximum Gasteiger partial charge on any atom is 0.216 e. The van der Waals surface area contributed by atoms with Crippen molar-refractivity contribution in [2.24, 2.45) is 11.7 Å². The fourth-order valence-corrected chi connectivity index (χ4v) is 0.249. The quantitative estimate of drug-likeness (QED) is 0.304. The Labute approximate surface area is 49.2 Å². The molecule has 0 saturated heterocycles. The summed E-state index contributed by atoms with van der Waals surface area (Å²) in [6.07, 6.45) is 0. The van der Waals surface area contributed by atoms with Crippen LogP contribution in [0.3, 0.4) is 0 Å². The Kier molecular flexibility index (Phi) is 12.5. The molecule has 0 atom stereocenters. The molecule has 0 radical (unpaired) electrons. The van der Waals surface area contributed by atoms with Gasteiger partial charge in [-0.05, 0) is 6.92 Å². The van der Waals surface area contributed by atoms with Gasteiger partial charge in [0.05, 0.1) is 0 Å². The Bertz CT molecular complexity index is 55.2. The Morgan fingerprint density at radius 2 is 2.00 bits per heavy atom. The van der Waals surface area contributed by atoms with Crippen molar-refractivity contribution < 1.29 is 4.79 Å². The van der Waals surface area contributed by atoms with Gasteiger partial charge in [-0.25, -0.2) is 0 Å². The molecule has 0 bridgehead atoms. The Balaban J connectivity index is 0. The molecule has 1 amide bonds. The average molecular weight is 119 g/mol. The Morgan fingerprint density at radius 3 is 2.00 bits per heavy atom. The molecule has 0 rings (SSSR count). The zero-order valence-corrected chi connectivity index (χ0v) is 5.27. The zero-order valence-electron chi connectivity index (χ0n) is 5.27. The van der Waals surface area contributed by atoms with E-state index < -0.39 is 0 Å². The molecule has 8 heavy (non-hydrogen) atoms. The summed E-state index contributed by atoms with van der Waals surface area (Å²) in [5.74, 6) is 8.04. The number of carbonyl (C=O) groups excluding carboxylic acids is 1. The van der Waals surface area contributed by atoms with Crippen molar-refractivity contribution in [2.75, 3.05) is 6.54 Å². The van der Waals surface area contributed by atoms with Crippen LogP contribution >= 0.6 is 0 Å². The van der Waals surface area contributed by atoms with E-state index in [1.165, 1.54) is 6.92 Å². The summed E-state index contributed by atoms with van der Waals surface area (Å²) in [4.78, 5) is 9.93. The highest BCUT2D eigenvalue weighted by molar-refractivity contribution is 5.72. The molecule has 5 N–H and O–H groups in total. The van der Waals surface area contributed by atoms with Crippen molar-refractivity contribution in [2.45, 2.75) is 13.8 Å². The van der Waals surface area contributed by atoms with Gasteiger partial charge in [0.1, 0.15) is 0 Å². The molecule has 0 unspecified atom stereocenters. The third-order valence-electron chi connectivity index (χ3n) is 0.426. The predicted octanol–water partition coefficient (Wildman–Crippen LogP) is -1.04. The summed E-state index contributed by atoms with van der Waals surface area (Å²) in [5.41, 5.74) is 0. The fraction of sp³-hybridized carbons (Fsp3) is 0.750. The zero-order chi connectivity index (χ0) is 6.99. The maximum absolute atomic E-state index is 9.93. The third kappa shape index (κ3) is 18.2. The molecule has 4 nitrogen and oxygen atoms in total. The second-order valence-electron chi connectivity index (χ2n) is 1.09. The minimum Gasteiger partial charge on any atom is -0.357 e. The van der Waals surface area contributed by atoms with Gasteiger partial charge in [-0.15, -0.1) is 0 Å². The minimum atomic E-state index is 0.0394. The van der Waals surface area contributed by atoms with E-state index in [1.54, 1.807) is 0 Å². The first-order valence-electron chi connectivity index (χ1n) is 2.35. The summed E-state index contributed by atoms with van der Waals surface area (Å²) in [6, 6.07) is 0. The lowest BCUT2D eigenvalue weighted by atomic mass is 10.6. The number of nitrogens with two attached hydrogens (primary N) is 2. The van der Waals surface area contributed by atoms with E-state index in [9.17, 15) is 4.79 Å². The lowest BCUT2D eigenvalue weighted by molar-refractivity contribution is -0.118. The van der Waals surface area contributed by atoms with Gasteiger partial charge in [-0.1, -0.05) is 0 Å². The summed E-state index contributed by atoms with van der Waals surface area (Å²) in [6.45, 7) is 4.13. The first kappa shape index (κ1) is 10.4. The summed E-state index contributed by atoms with van der Waals surface area (Å²) in [5, 5.41) is 2.57. The van der Waals surface area contributed by atoms with Crippen molar-refractivity contribution in [1.82, 2.24) is 5.32 Å². The van der Waals surface area contributed by atoms with E-state index in [4.69, 9.17) is 0 Å². The van der Waals surface area contributed by atoms with Crippen LogP contribution in [-0.4, -0.2) is 12.5 Å². The largest absolute Gasteiger partial charge is 0.357 e. The number of hydrazine groups is 1. The van der Waals surface area contributed by atoms with Gasteiger partial charge in [-0.3, -0.25) is 16.5 Å². The van der Waals surface area contributed by atoms with Crippen molar-refractivity contribution in [1.29, 1.82) is 0 Å². The molecule has 0 aliphatic carbocycles. The molecular weight excluding hydrogens is 106 g/mol. The molecule has 0 heterocycles. The minimum absolute atomic E-state index is 0.0394. The van der Waals surface area contributed by atoms with Crippen LogP contribution in [0.1, 0.15) is 13.8 Å². The number of rotatable bonds is 1. The fourth-order valence-electron chi connectivity index (χ4n) is 0.249. The van der Waals surface area contributed by atoms with Crippen LogP contribution in [-0.2, 0) is 4.79 Å². The van der Waals surface area contributed by atoms with E-state index in [2.05, 4.69) is 17.0 Å². The molecule has 0 aliphatic heterocycles. The SMILES string of the molecule is CCNC(C)=O.NN. The second-order valence-corrected chi connectivity index (χ2v) is 1.09. The van der Waals surface area contributed by atoms with Crippen molar-refractivity contribution in [3.63, 3.8) is 0 Å². The van der Waals surface area contributed by atoms with E-state index in [-0.39, 0.29) is 5.91 Å². The molecule has 0 aliphatic rings. The van der Waals surface area contributed by atoms with Gasteiger partial charge < -0.3 is 5.32 Å². The molecule has 0 fully saturated rings. The van der Waals surface area contributed by atoms with Gasteiger partial charge in [0.2, 0.25) is 5.91 Å². The highest BCUT2D eigenvalue weighted by Gasteiger charge is 1.78. The Morgan fingerprint density at radius 1 is 1.62 bits per heavy atom. The summed E-state index contributed by atoms with van der Waals surface area (Å²) >= 11 is 0. The number of nitrogens with one attached hydrogen (secondary N) is 1. The van der Waals surface area contributed by atoms with Gasteiger partial charge in [0.25, 0.3) is 0 Å². The molecule has 0 saturated carbocycles. The van der Waals surface area contributed by atoms with Crippen molar-refractivity contribution >= 4 is 5.91 Å². The number of hydrogen-bond acceptors (Lipinski definition) is 3. The summed E-state index contributed by atoms with van der Waals surface area (Å²) < 4.78 is 0. The number of amides is 1. The normalized spacial score (nSPS) is 6.50. The van der Waals surface area contributed by atoms with Crippen LogP contribution in [0, 0.1) is 0 Å². The van der Waals surface area contributed by atoms with E-state index in [0.717, 1.165) is 6.54 Å². The molecule has 50 valence electrons. The molecule has 0 spiro atoms. The van der Waals surface area contributed by atoms with Gasteiger partial charge >= 0.3 is 0 Å². The second kappa shape index (κ2) is 9.63. The molecular formula is C4H13N3O. The lowest BCUT2D eigenvalue weighted by Crippen LogP contribution is -2.18. The van der Waals surface area contributed by atoms with Crippen LogP contribution < -0.4 is 17.0 Å². The van der Waals surface area contributed by atoms with E-state index >= 15 is 0 Å². The Hall–Kier alpha value is -0.610. The van der Waals surface area contributed by atoms with Gasteiger partial charge in [-0.2, -0.15) is 0 Å². The average Bonchev–Trinajstić information content (AvgIpc) is 1.72. The van der Waals surface area contributed by atoms with E-state index in [1.807, 2.05) is 6.92 Å². The first-order valence-corrected chi connectivity index (χ1v) is 2.35. The molecule has 4 heteroatoms. The highest BCUT2D eigenvalue weighted by atomic mass is 16.1. The topological polar surface area (TPSA) is 81.1 Å². The predicted molar refractivity (Wildman–Crippen MR) is 32.7 cm³/mol. The van der Waals surface area contributed by atoms with Crippen LogP contribution in [0.15, 0.2) is 0 Å². The lowest BCUT2D eigenvalue weighted by Gasteiger charge is -1.88. The third-order valence-corrected chi connectivity index (χ3v) is 0.426. The summed E-state index contributed by atoms with van der Waals surface area (Å²) in [7, 11) is 0. The monoisotopic (exact) mass is 119 g/mol. The standard InChI is InChI=1S/C4H9NO.H4N2/c1-3-5-4(2)6;1-2/h3H2,1-2H3,(H,5,6);1-2H2. The molecule has 0 aromatic heterocycles. The molecule has 0 aromatic carbocycles. The van der Waals surface area contributed by atoms with Crippen molar-refractivity contribution in [3.8, 4) is 0 Å². The van der Waals surface area contributed by atoms with Crippen LogP contribution in [0.5, 0.6) is 0 Å². The van der Waals surface area contributed by atoms with Crippen molar-refractivity contribution in [3.05, 3.63) is 0 Å². The first-order chi connectivity index (χ1) is 3.77. The number of carbonyl (C=O) groups is 1. The van der Waals surface area contributed by atoms with Gasteiger partial charge in [0, 0.05) is 13.5 Å². The smallest absolute Gasteiger partial charge is 0.216 e. The van der Waals surface area contributed by atoms with Crippen LogP contribution in [0.25, 0.3) is 0 Å². The highest BCUT2D eigenvalue weighted by Crippen LogP contribution is 1.54. The number of hydrogen-bond donors (Lipinski definition) is 3. The van der Waals surface area contributed by atoms with Crippen LogP contribution in [0.4, 0.5) is 0 Å². The van der Waals surface area contributed by atoms with E-state index in [0.29, 0.717) is 0 Å². The maximum atomic E-state index is 9.93. The molecule has 0 aromatic rings. The van der Waals surface area contributed by atoms with Crippen LogP contribution in [0.2, 0.25) is 0 Å². The van der Waals surface area contributed by atoms with Gasteiger partial charge in [0.15, 0.2) is 0 Å².